The van der Waals surface area contributed by atoms with E-state index in [1.54, 1.807) is 18.2 Å². The Hall–Kier alpha value is -3.73. The molecule has 0 aromatic heterocycles. The zero-order valence-electron chi connectivity index (χ0n) is 16.8. The van der Waals surface area contributed by atoms with Crippen LogP contribution in [-0.2, 0) is 11.2 Å². The van der Waals surface area contributed by atoms with Crippen molar-refractivity contribution >= 4 is 23.2 Å². The summed E-state index contributed by atoms with van der Waals surface area (Å²) in [5.41, 5.74) is 3.07. The molecule has 152 valence electrons. The molecule has 0 aliphatic heterocycles. The molecule has 0 bridgehead atoms. The number of nitrogens with zero attached hydrogens (tertiary/aromatic N) is 1. The van der Waals surface area contributed by atoms with E-state index in [0.29, 0.717) is 11.1 Å². The summed E-state index contributed by atoms with van der Waals surface area (Å²) in [4.78, 5) is 23.7. The summed E-state index contributed by atoms with van der Waals surface area (Å²) >= 11 is 0. The molecule has 3 rings (SSSR count). The van der Waals surface area contributed by atoms with Crippen LogP contribution in [0.25, 0.3) is 11.6 Å². The summed E-state index contributed by atoms with van der Waals surface area (Å²) < 4.78 is 0. The van der Waals surface area contributed by atoms with Gasteiger partial charge in [0.25, 0.3) is 11.6 Å². The molecule has 0 unspecified atom stereocenters. The Balaban J connectivity index is 1.79. The van der Waals surface area contributed by atoms with E-state index in [1.807, 2.05) is 55.5 Å². The van der Waals surface area contributed by atoms with Crippen molar-refractivity contribution in [2.75, 3.05) is 0 Å². The van der Waals surface area contributed by atoms with Crippen LogP contribution in [0.4, 0.5) is 5.69 Å². The van der Waals surface area contributed by atoms with Gasteiger partial charge >= 0.3 is 0 Å². The fourth-order valence-corrected chi connectivity index (χ4v) is 3.19. The lowest BCUT2D eigenvalue weighted by Crippen LogP contribution is -2.33. The largest absolute Gasteiger partial charge is 0.350 e. The lowest BCUT2D eigenvalue weighted by Gasteiger charge is -2.16. The van der Waals surface area contributed by atoms with E-state index < -0.39 is 4.92 Å². The van der Waals surface area contributed by atoms with Gasteiger partial charge in [-0.25, -0.2) is 0 Å². The molecule has 1 amide bonds. The minimum atomic E-state index is -0.439. The van der Waals surface area contributed by atoms with Gasteiger partial charge in [-0.05, 0) is 42.5 Å². The summed E-state index contributed by atoms with van der Waals surface area (Å²) in [5.74, 6) is -0.201. The third-order valence-corrected chi connectivity index (χ3v) is 4.81. The highest BCUT2D eigenvalue weighted by atomic mass is 16.6. The maximum atomic E-state index is 13.1. The topological polar surface area (TPSA) is 72.2 Å². The monoisotopic (exact) mass is 400 g/mol. The lowest BCUT2D eigenvalue weighted by atomic mass is 10.0. The number of nitro benzene ring substituents is 1. The van der Waals surface area contributed by atoms with Crippen LogP contribution in [0.3, 0.4) is 0 Å². The number of hydrogen-bond acceptors (Lipinski definition) is 3. The predicted octanol–water partition coefficient (Wildman–Crippen LogP) is 5.27. The fourth-order valence-electron chi connectivity index (χ4n) is 3.19. The predicted molar refractivity (Wildman–Crippen MR) is 120 cm³/mol. The molecule has 5 heteroatoms. The van der Waals surface area contributed by atoms with E-state index in [0.717, 1.165) is 18.4 Å². The van der Waals surface area contributed by atoms with Gasteiger partial charge in [0.15, 0.2) is 0 Å². The Labute approximate surface area is 176 Å². The van der Waals surface area contributed by atoms with Crippen LogP contribution in [-0.4, -0.2) is 16.9 Å². The van der Waals surface area contributed by atoms with Gasteiger partial charge < -0.3 is 5.32 Å². The minimum Gasteiger partial charge on any atom is -0.350 e. The number of non-ortho nitro benzene ring substituents is 1. The van der Waals surface area contributed by atoms with Gasteiger partial charge in [-0.3, -0.25) is 14.9 Å². The van der Waals surface area contributed by atoms with E-state index in [2.05, 4.69) is 17.4 Å². The van der Waals surface area contributed by atoms with Gasteiger partial charge in [0, 0.05) is 23.7 Å². The van der Waals surface area contributed by atoms with Crippen molar-refractivity contribution in [2.24, 2.45) is 0 Å². The summed E-state index contributed by atoms with van der Waals surface area (Å²) in [5, 5.41) is 14.1. The number of carbonyl (C=O) groups is 1. The third-order valence-electron chi connectivity index (χ3n) is 4.81. The third kappa shape index (κ3) is 5.88. The molecule has 1 atom stereocenters. The molecular weight excluding hydrogens is 376 g/mol. The van der Waals surface area contributed by atoms with Gasteiger partial charge in [-0.15, -0.1) is 0 Å². The number of nitrogens with one attached hydrogen (secondary N) is 1. The molecule has 0 saturated heterocycles. The summed E-state index contributed by atoms with van der Waals surface area (Å²) in [7, 11) is 0. The van der Waals surface area contributed by atoms with E-state index in [9.17, 15) is 14.9 Å². The SMILES string of the molecule is C[C@@H](CCc1ccccc1)NC(=O)/C(=C/c1cccc([N+](=O)[O-])c1)c1ccccc1. The molecule has 3 aromatic carbocycles. The van der Waals surface area contributed by atoms with E-state index in [-0.39, 0.29) is 17.6 Å². The van der Waals surface area contributed by atoms with Crippen molar-refractivity contribution in [3.63, 3.8) is 0 Å². The number of aryl methyl sites for hydroxylation is 1. The molecule has 0 saturated carbocycles. The molecule has 0 heterocycles. The highest BCUT2D eigenvalue weighted by Gasteiger charge is 2.15. The molecule has 1 N–H and O–H groups in total. The van der Waals surface area contributed by atoms with Gasteiger partial charge in [0.1, 0.15) is 0 Å². The first kappa shape index (κ1) is 21.0. The van der Waals surface area contributed by atoms with Crippen molar-refractivity contribution in [1.29, 1.82) is 0 Å². The molecule has 0 spiro atoms. The zero-order chi connectivity index (χ0) is 21.3. The van der Waals surface area contributed by atoms with Crippen LogP contribution in [0.2, 0.25) is 0 Å². The standard InChI is InChI=1S/C25H24N2O3/c1-19(15-16-20-9-4-2-5-10-20)26-25(28)24(22-12-6-3-7-13-22)18-21-11-8-14-23(17-21)27(29)30/h2-14,17-19H,15-16H2,1H3,(H,26,28)/b24-18+/t19-/m0/s1. The number of benzene rings is 3. The maximum absolute atomic E-state index is 13.1. The molecule has 30 heavy (non-hydrogen) atoms. The summed E-state index contributed by atoms with van der Waals surface area (Å²) in [6, 6.07) is 25.7. The van der Waals surface area contributed by atoms with Crippen molar-refractivity contribution in [3.8, 4) is 0 Å². The second kappa shape index (κ2) is 10.2. The van der Waals surface area contributed by atoms with Crippen LogP contribution in [0.5, 0.6) is 0 Å². The Morgan fingerprint density at radius 3 is 2.33 bits per heavy atom. The number of amides is 1. The molecule has 0 fully saturated rings. The van der Waals surface area contributed by atoms with Crippen molar-refractivity contribution in [3.05, 3.63) is 112 Å². The highest BCUT2D eigenvalue weighted by Crippen LogP contribution is 2.21. The second-order valence-electron chi connectivity index (χ2n) is 7.17. The van der Waals surface area contributed by atoms with Crippen LogP contribution in [0.1, 0.15) is 30.0 Å². The Bertz CT molecular complexity index is 1030. The van der Waals surface area contributed by atoms with Crippen molar-refractivity contribution < 1.29 is 9.72 Å². The van der Waals surface area contributed by atoms with Crippen LogP contribution in [0, 0.1) is 10.1 Å². The minimum absolute atomic E-state index is 0.00667. The first-order chi connectivity index (χ1) is 14.5. The van der Waals surface area contributed by atoms with Gasteiger partial charge in [-0.1, -0.05) is 72.8 Å². The molecule has 0 aliphatic carbocycles. The van der Waals surface area contributed by atoms with E-state index in [1.165, 1.54) is 17.7 Å². The van der Waals surface area contributed by atoms with Crippen LogP contribution >= 0.6 is 0 Å². The Morgan fingerprint density at radius 2 is 1.67 bits per heavy atom. The average molecular weight is 400 g/mol. The molecule has 3 aromatic rings. The van der Waals surface area contributed by atoms with Crippen LogP contribution < -0.4 is 5.32 Å². The van der Waals surface area contributed by atoms with Gasteiger partial charge in [0.2, 0.25) is 0 Å². The van der Waals surface area contributed by atoms with Crippen LogP contribution in [0.15, 0.2) is 84.9 Å². The van der Waals surface area contributed by atoms with E-state index >= 15 is 0 Å². The fraction of sp³-hybridized carbons (Fsp3) is 0.160. The number of rotatable bonds is 8. The van der Waals surface area contributed by atoms with Gasteiger partial charge in [-0.2, -0.15) is 0 Å². The Morgan fingerprint density at radius 1 is 1.00 bits per heavy atom. The number of carbonyl (C=O) groups excluding carboxylic acids is 1. The summed E-state index contributed by atoms with van der Waals surface area (Å²) in [6.45, 7) is 1.98. The molecule has 0 aliphatic rings. The quantitative estimate of drug-likeness (QED) is 0.242. The zero-order valence-corrected chi connectivity index (χ0v) is 16.8. The van der Waals surface area contributed by atoms with E-state index in [4.69, 9.17) is 0 Å². The van der Waals surface area contributed by atoms with Crippen molar-refractivity contribution in [2.45, 2.75) is 25.8 Å². The first-order valence-corrected chi connectivity index (χ1v) is 9.89. The summed E-state index contributed by atoms with van der Waals surface area (Å²) in [6.07, 6.45) is 3.38. The second-order valence-corrected chi connectivity index (χ2v) is 7.17. The smallest absolute Gasteiger partial charge is 0.270 e. The average Bonchev–Trinajstić information content (AvgIpc) is 2.77. The van der Waals surface area contributed by atoms with Gasteiger partial charge in [0.05, 0.1) is 4.92 Å². The maximum Gasteiger partial charge on any atom is 0.270 e. The molecular formula is C25H24N2O3. The number of nitro groups is 1. The number of hydrogen-bond donors (Lipinski definition) is 1. The molecule has 0 radical (unpaired) electrons. The normalized spacial score (nSPS) is 12.2. The Kier molecular flexibility index (Phi) is 7.11. The van der Waals surface area contributed by atoms with Crippen molar-refractivity contribution in [1.82, 2.24) is 5.32 Å². The molecule has 5 nitrogen and oxygen atoms in total. The lowest BCUT2D eigenvalue weighted by molar-refractivity contribution is -0.384. The first-order valence-electron chi connectivity index (χ1n) is 9.89. The highest BCUT2D eigenvalue weighted by molar-refractivity contribution is 6.24.